The Bertz CT molecular complexity index is 767. The highest BCUT2D eigenvalue weighted by Gasteiger charge is 2.08. The molecular formula is C19H19Cl2NO4. The average molecular weight is 396 g/mol. The van der Waals surface area contributed by atoms with E-state index in [-0.39, 0.29) is 0 Å². The molecule has 2 aromatic carbocycles. The van der Waals surface area contributed by atoms with Gasteiger partial charge in [0.15, 0.2) is 11.5 Å². The van der Waals surface area contributed by atoms with Crippen LogP contribution in [0.15, 0.2) is 41.4 Å². The number of hydrogen-bond acceptors (Lipinski definition) is 5. The minimum Gasteiger partial charge on any atom is -0.487 e. The van der Waals surface area contributed by atoms with Crippen LogP contribution in [0.2, 0.25) is 10.0 Å². The van der Waals surface area contributed by atoms with Gasteiger partial charge in [-0.2, -0.15) is 0 Å². The Balaban J connectivity index is 1.76. The monoisotopic (exact) mass is 395 g/mol. The van der Waals surface area contributed by atoms with E-state index < -0.39 is 0 Å². The first-order chi connectivity index (χ1) is 12.7. The molecule has 0 spiro atoms. The number of aliphatic imine (C=N–C) groups is 1. The number of ether oxygens (including phenoxy) is 4. The number of halogens is 2. The number of nitrogens with zero attached hydrogens (tertiary/aromatic N) is 1. The molecule has 0 fully saturated rings. The molecular weight excluding hydrogens is 377 g/mol. The lowest BCUT2D eigenvalue weighted by Gasteiger charge is -2.15. The summed E-state index contributed by atoms with van der Waals surface area (Å²) < 4.78 is 22.4. The quantitative estimate of drug-likeness (QED) is 0.699. The molecule has 5 nitrogen and oxygen atoms in total. The topological polar surface area (TPSA) is 49.3 Å². The van der Waals surface area contributed by atoms with Crippen LogP contribution in [0.25, 0.3) is 0 Å². The van der Waals surface area contributed by atoms with Gasteiger partial charge in [0, 0.05) is 22.9 Å². The third-order valence-corrected chi connectivity index (χ3v) is 4.15. The van der Waals surface area contributed by atoms with E-state index in [1.54, 1.807) is 18.3 Å². The molecule has 0 aliphatic carbocycles. The van der Waals surface area contributed by atoms with Gasteiger partial charge in [-0.15, -0.1) is 0 Å². The number of hydrogen-bond donors (Lipinski definition) is 0. The Morgan fingerprint density at radius 2 is 1.46 bits per heavy atom. The third-order valence-electron chi connectivity index (χ3n) is 3.58. The summed E-state index contributed by atoms with van der Waals surface area (Å²) in [5, 5.41) is 1.13. The molecule has 0 radical (unpaired) electrons. The fourth-order valence-corrected chi connectivity index (χ4v) is 2.76. The van der Waals surface area contributed by atoms with Crippen LogP contribution in [-0.4, -0.2) is 45.9 Å². The minimum absolute atomic E-state index is 0.423. The fourth-order valence-electron chi connectivity index (χ4n) is 2.30. The zero-order valence-corrected chi connectivity index (χ0v) is 15.6. The summed E-state index contributed by atoms with van der Waals surface area (Å²) in [5.41, 5.74) is 1.51. The van der Waals surface area contributed by atoms with Crippen molar-refractivity contribution in [2.75, 3.05) is 39.6 Å². The van der Waals surface area contributed by atoms with Crippen LogP contribution in [-0.2, 0) is 9.47 Å². The Morgan fingerprint density at radius 3 is 2.19 bits per heavy atom. The van der Waals surface area contributed by atoms with Gasteiger partial charge in [0.2, 0.25) is 0 Å². The van der Waals surface area contributed by atoms with E-state index in [0.717, 1.165) is 11.3 Å². The molecule has 26 heavy (non-hydrogen) atoms. The summed E-state index contributed by atoms with van der Waals surface area (Å²) in [6, 6.07) is 10.8. The van der Waals surface area contributed by atoms with Crippen LogP contribution in [0.4, 0.5) is 5.69 Å². The van der Waals surface area contributed by atoms with E-state index in [0.29, 0.717) is 61.2 Å². The lowest BCUT2D eigenvalue weighted by molar-refractivity contribution is 0.0223. The maximum Gasteiger partial charge on any atom is 0.163 e. The van der Waals surface area contributed by atoms with E-state index in [1.165, 1.54) is 0 Å². The van der Waals surface area contributed by atoms with Gasteiger partial charge in [0.05, 0.1) is 37.1 Å². The molecule has 3 rings (SSSR count). The highest BCUT2D eigenvalue weighted by atomic mass is 35.5. The van der Waals surface area contributed by atoms with Gasteiger partial charge >= 0.3 is 0 Å². The second kappa shape index (κ2) is 9.78. The lowest BCUT2D eigenvalue weighted by Crippen LogP contribution is -2.15. The number of rotatable bonds is 2. The smallest absolute Gasteiger partial charge is 0.163 e. The van der Waals surface area contributed by atoms with Crippen molar-refractivity contribution < 1.29 is 18.9 Å². The van der Waals surface area contributed by atoms with Crippen LogP contribution in [0.3, 0.4) is 0 Å². The van der Waals surface area contributed by atoms with Crippen LogP contribution < -0.4 is 9.47 Å². The molecule has 0 aromatic heterocycles. The molecule has 2 aromatic rings. The van der Waals surface area contributed by atoms with Gasteiger partial charge in [0.25, 0.3) is 0 Å². The van der Waals surface area contributed by atoms with E-state index in [9.17, 15) is 0 Å². The minimum atomic E-state index is 0.423. The van der Waals surface area contributed by atoms with Crippen molar-refractivity contribution in [3.63, 3.8) is 0 Å². The van der Waals surface area contributed by atoms with Crippen molar-refractivity contribution >= 4 is 35.1 Å². The van der Waals surface area contributed by atoms with Gasteiger partial charge in [-0.3, -0.25) is 4.99 Å². The maximum absolute atomic E-state index is 6.17. The number of benzene rings is 2. The lowest BCUT2D eigenvalue weighted by atomic mass is 10.2. The molecule has 0 bridgehead atoms. The molecule has 0 amide bonds. The van der Waals surface area contributed by atoms with Crippen LogP contribution in [0.1, 0.15) is 5.56 Å². The first-order valence-electron chi connectivity index (χ1n) is 8.26. The van der Waals surface area contributed by atoms with Gasteiger partial charge < -0.3 is 18.9 Å². The van der Waals surface area contributed by atoms with Crippen molar-refractivity contribution in [3.8, 4) is 11.5 Å². The summed E-state index contributed by atoms with van der Waals surface area (Å²) in [7, 11) is 0. The molecule has 7 heteroatoms. The molecule has 0 saturated carbocycles. The van der Waals surface area contributed by atoms with Gasteiger partial charge in [0.1, 0.15) is 13.2 Å². The van der Waals surface area contributed by atoms with E-state index >= 15 is 0 Å². The average Bonchev–Trinajstić information content (AvgIpc) is 2.62. The fraction of sp³-hybridized carbons (Fsp3) is 0.316. The highest BCUT2D eigenvalue weighted by molar-refractivity contribution is 6.36. The predicted molar refractivity (Wildman–Crippen MR) is 103 cm³/mol. The number of fused-ring (bicyclic) bond motifs is 1. The largest absolute Gasteiger partial charge is 0.487 e. The van der Waals surface area contributed by atoms with E-state index in [4.69, 9.17) is 42.1 Å². The van der Waals surface area contributed by atoms with E-state index in [1.807, 2.05) is 24.3 Å². The van der Waals surface area contributed by atoms with Gasteiger partial charge in [-0.05, 0) is 24.3 Å². The molecule has 0 N–H and O–H groups in total. The normalized spacial score (nSPS) is 16.1. The summed E-state index contributed by atoms with van der Waals surface area (Å²) in [5.74, 6) is 1.27. The van der Waals surface area contributed by atoms with Crippen molar-refractivity contribution in [2.45, 2.75) is 0 Å². The third kappa shape index (κ3) is 5.61. The van der Waals surface area contributed by atoms with Crippen LogP contribution in [0, 0.1) is 0 Å². The predicted octanol–water partition coefficient (Wildman–Crippen LogP) is 4.55. The molecule has 1 aliphatic heterocycles. The molecule has 1 aliphatic rings. The molecule has 0 saturated heterocycles. The molecule has 1 heterocycles. The SMILES string of the molecule is Clc1ccc(C=Nc2ccc3c(c2)OCCOCCOCCO3)c(Cl)c1. The van der Waals surface area contributed by atoms with Crippen molar-refractivity contribution in [2.24, 2.45) is 4.99 Å². The Hall–Kier alpha value is -1.79. The zero-order chi connectivity index (χ0) is 18.2. The molecule has 0 atom stereocenters. The maximum atomic E-state index is 6.17. The summed E-state index contributed by atoms with van der Waals surface area (Å²) in [6.07, 6.45) is 1.69. The standard InChI is InChI=1S/C19H19Cl2NO4/c20-15-2-1-14(17(21)11-15)13-22-16-3-4-18-19(12-16)26-10-8-24-6-5-23-7-9-25-18/h1-4,11-13H,5-10H2. The van der Waals surface area contributed by atoms with Gasteiger partial charge in [-0.25, -0.2) is 0 Å². The van der Waals surface area contributed by atoms with Crippen molar-refractivity contribution in [1.82, 2.24) is 0 Å². The van der Waals surface area contributed by atoms with Crippen molar-refractivity contribution in [3.05, 3.63) is 52.0 Å². The van der Waals surface area contributed by atoms with Crippen LogP contribution in [0.5, 0.6) is 11.5 Å². The molecule has 138 valence electrons. The Morgan fingerprint density at radius 1 is 0.769 bits per heavy atom. The first kappa shape index (κ1) is 19.0. The second-order valence-corrected chi connectivity index (χ2v) is 6.32. The van der Waals surface area contributed by atoms with E-state index in [2.05, 4.69) is 4.99 Å². The Labute approximate surface area is 162 Å². The molecule has 0 unspecified atom stereocenters. The van der Waals surface area contributed by atoms with Gasteiger partial charge in [-0.1, -0.05) is 29.3 Å². The zero-order valence-electron chi connectivity index (χ0n) is 14.1. The summed E-state index contributed by atoms with van der Waals surface area (Å²) in [6.45, 7) is 2.94. The highest BCUT2D eigenvalue weighted by Crippen LogP contribution is 2.32. The summed E-state index contributed by atoms with van der Waals surface area (Å²) in [4.78, 5) is 4.46. The van der Waals surface area contributed by atoms with Crippen LogP contribution >= 0.6 is 23.2 Å². The first-order valence-corrected chi connectivity index (χ1v) is 9.02. The second-order valence-electron chi connectivity index (χ2n) is 5.48. The summed E-state index contributed by atoms with van der Waals surface area (Å²) >= 11 is 12.1. The van der Waals surface area contributed by atoms with Crippen molar-refractivity contribution in [1.29, 1.82) is 0 Å². The Kier molecular flexibility index (Phi) is 7.14.